The van der Waals surface area contributed by atoms with Gasteiger partial charge in [-0.05, 0) is 60.5 Å². The Morgan fingerprint density at radius 1 is 1.05 bits per heavy atom. The molecule has 4 aromatic rings. The van der Waals surface area contributed by atoms with E-state index in [0.29, 0.717) is 22.8 Å². The van der Waals surface area contributed by atoms with Crippen molar-refractivity contribution in [3.05, 3.63) is 94.0 Å². The third-order valence-electron chi connectivity index (χ3n) is 5.84. The quantitative estimate of drug-likeness (QED) is 0.173. The van der Waals surface area contributed by atoms with E-state index in [-0.39, 0.29) is 40.5 Å². The van der Waals surface area contributed by atoms with Crippen LogP contribution in [0.4, 0.5) is 4.79 Å². The molecule has 38 heavy (non-hydrogen) atoms. The smallest absolute Gasteiger partial charge is 0.339 e. The van der Waals surface area contributed by atoms with Crippen molar-refractivity contribution in [1.82, 2.24) is 4.90 Å². The molecular weight excluding hydrogens is 526 g/mol. The summed E-state index contributed by atoms with van der Waals surface area (Å²) in [5, 5.41) is 1.92. The second kappa shape index (κ2) is 11.2. The molecule has 0 saturated carbocycles. The summed E-state index contributed by atoms with van der Waals surface area (Å²) >= 11 is 6.99. The van der Waals surface area contributed by atoms with E-state index in [1.807, 2.05) is 42.5 Å². The lowest BCUT2D eigenvalue weighted by Crippen LogP contribution is -2.32. The molecule has 0 bridgehead atoms. The number of carbonyl (C=O) groups excluding carboxylic acids is 3. The third kappa shape index (κ3) is 5.32. The van der Waals surface area contributed by atoms with Crippen LogP contribution in [0.25, 0.3) is 28.2 Å². The minimum Gasteiger partial charge on any atom is -0.491 e. The van der Waals surface area contributed by atoms with Crippen molar-refractivity contribution in [3.8, 4) is 17.1 Å². The van der Waals surface area contributed by atoms with E-state index in [9.17, 15) is 14.4 Å². The molecule has 7 nitrogen and oxygen atoms in total. The van der Waals surface area contributed by atoms with Crippen LogP contribution in [0.3, 0.4) is 0 Å². The summed E-state index contributed by atoms with van der Waals surface area (Å²) in [5.41, 5.74) is 0.853. The van der Waals surface area contributed by atoms with Crippen LogP contribution in [0.5, 0.6) is 5.75 Å². The van der Waals surface area contributed by atoms with E-state index in [1.165, 1.54) is 6.08 Å². The number of ether oxygens (including phenoxy) is 2. The number of benzene rings is 3. The summed E-state index contributed by atoms with van der Waals surface area (Å²) in [6, 6.07) is 21.9. The number of hydrogen-bond acceptors (Lipinski definition) is 7. The van der Waals surface area contributed by atoms with Gasteiger partial charge >= 0.3 is 5.97 Å². The molecule has 2 heterocycles. The van der Waals surface area contributed by atoms with Crippen molar-refractivity contribution >= 4 is 57.3 Å². The van der Waals surface area contributed by atoms with E-state index >= 15 is 0 Å². The lowest BCUT2D eigenvalue weighted by Gasteiger charge is -2.14. The Balaban J connectivity index is 1.26. The van der Waals surface area contributed by atoms with Gasteiger partial charge in [-0.2, -0.15) is 0 Å². The van der Waals surface area contributed by atoms with Crippen LogP contribution in [0.2, 0.25) is 5.02 Å². The number of thioether (sulfide) groups is 1. The second-order valence-corrected chi connectivity index (χ2v) is 9.68. The molecule has 0 spiro atoms. The van der Waals surface area contributed by atoms with Gasteiger partial charge in [-0.15, -0.1) is 0 Å². The highest BCUT2D eigenvalue weighted by Gasteiger charge is 2.35. The number of rotatable bonds is 8. The Kier molecular flexibility index (Phi) is 7.53. The number of carbonyl (C=O) groups is 3. The summed E-state index contributed by atoms with van der Waals surface area (Å²) in [7, 11) is 0. The topological polar surface area (TPSA) is 86.0 Å². The molecule has 0 atom stereocenters. The summed E-state index contributed by atoms with van der Waals surface area (Å²) < 4.78 is 16.8. The van der Waals surface area contributed by atoms with Crippen molar-refractivity contribution in [2.24, 2.45) is 0 Å². The van der Waals surface area contributed by atoms with Gasteiger partial charge in [-0.3, -0.25) is 14.5 Å². The van der Waals surface area contributed by atoms with Crippen LogP contribution < -0.4 is 4.74 Å². The Bertz CT molecular complexity index is 1570. The lowest BCUT2D eigenvalue weighted by atomic mass is 10.1. The number of halogens is 1. The molecule has 0 unspecified atom stereocenters. The standard InChI is InChI=1S/C29H22ClNO6S/c1-2-35-28(33)22-16-19(10-12-23(22)30)24-13-11-20(37-24)17-26-27(32)31(29(34)38-26)14-15-36-25-9-5-7-18-6-3-4-8-21(18)25/h3-13,16-17H,2,14-15H2,1H3/b26-17-. The molecule has 1 aromatic heterocycles. The molecule has 2 amide bonds. The van der Waals surface area contributed by atoms with Crippen molar-refractivity contribution in [2.75, 3.05) is 19.8 Å². The first-order valence-corrected chi connectivity index (χ1v) is 13.1. The van der Waals surface area contributed by atoms with E-state index < -0.39 is 11.9 Å². The number of amides is 2. The van der Waals surface area contributed by atoms with Crippen LogP contribution >= 0.6 is 23.4 Å². The fraction of sp³-hybridized carbons (Fsp3) is 0.138. The van der Waals surface area contributed by atoms with Gasteiger partial charge in [-0.1, -0.05) is 48.0 Å². The Morgan fingerprint density at radius 2 is 1.87 bits per heavy atom. The summed E-state index contributed by atoms with van der Waals surface area (Å²) in [5.74, 6) is 0.633. The number of esters is 1. The SMILES string of the molecule is CCOC(=O)c1cc(-c2ccc(/C=C3\SC(=O)N(CCOc4cccc5ccccc45)C3=O)o2)ccc1Cl. The van der Waals surface area contributed by atoms with Crippen LogP contribution in [0, 0.1) is 0 Å². The monoisotopic (exact) mass is 547 g/mol. The highest BCUT2D eigenvalue weighted by molar-refractivity contribution is 8.18. The number of imide groups is 1. The minimum absolute atomic E-state index is 0.121. The Labute approximate surface area is 228 Å². The molecule has 3 aromatic carbocycles. The second-order valence-electron chi connectivity index (χ2n) is 8.28. The predicted molar refractivity (Wildman–Crippen MR) is 147 cm³/mol. The molecule has 0 N–H and O–H groups in total. The molecule has 1 saturated heterocycles. The first kappa shape index (κ1) is 25.6. The summed E-state index contributed by atoms with van der Waals surface area (Å²) in [4.78, 5) is 39.0. The molecule has 1 aliphatic rings. The zero-order chi connectivity index (χ0) is 26.6. The molecule has 1 fully saturated rings. The first-order valence-electron chi connectivity index (χ1n) is 11.9. The normalized spacial score (nSPS) is 14.5. The Hall–Kier alpha value is -4.01. The maximum atomic E-state index is 12.9. The summed E-state index contributed by atoms with van der Waals surface area (Å²) in [6.07, 6.45) is 1.53. The van der Waals surface area contributed by atoms with Gasteiger partial charge in [0, 0.05) is 17.0 Å². The number of furan rings is 1. The fourth-order valence-electron chi connectivity index (χ4n) is 4.02. The van der Waals surface area contributed by atoms with Crippen LogP contribution in [0.1, 0.15) is 23.0 Å². The largest absolute Gasteiger partial charge is 0.491 e. The number of nitrogens with zero attached hydrogens (tertiary/aromatic N) is 1. The Morgan fingerprint density at radius 3 is 2.71 bits per heavy atom. The molecular formula is C29H22ClNO6S. The lowest BCUT2D eigenvalue weighted by molar-refractivity contribution is -0.123. The summed E-state index contributed by atoms with van der Waals surface area (Å²) in [6.45, 7) is 2.24. The van der Waals surface area contributed by atoms with Gasteiger partial charge in [-0.25, -0.2) is 4.79 Å². The van der Waals surface area contributed by atoms with Gasteiger partial charge < -0.3 is 13.9 Å². The highest BCUT2D eigenvalue weighted by Crippen LogP contribution is 2.34. The third-order valence-corrected chi connectivity index (χ3v) is 7.08. The maximum absolute atomic E-state index is 12.9. The van der Waals surface area contributed by atoms with Gasteiger partial charge in [0.15, 0.2) is 0 Å². The average molecular weight is 548 g/mol. The molecule has 5 rings (SSSR count). The van der Waals surface area contributed by atoms with E-state index in [1.54, 1.807) is 37.3 Å². The van der Waals surface area contributed by atoms with Crippen molar-refractivity contribution in [1.29, 1.82) is 0 Å². The van der Waals surface area contributed by atoms with Gasteiger partial charge in [0.2, 0.25) is 0 Å². The van der Waals surface area contributed by atoms with E-state index in [2.05, 4.69) is 0 Å². The van der Waals surface area contributed by atoms with Gasteiger partial charge in [0.1, 0.15) is 23.9 Å². The molecule has 0 aliphatic carbocycles. The fourth-order valence-corrected chi connectivity index (χ4v) is 5.06. The van der Waals surface area contributed by atoms with Crippen LogP contribution in [-0.2, 0) is 9.53 Å². The highest BCUT2D eigenvalue weighted by atomic mass is 35.5. The van der Waals surface area contributed by atoms with Gasteiger partial charge in [0.05, 0.1) is 28.6 Å². The van der Waals surface area contributed by atoms with Gasteiger partial charge in [0.25, 0.3) is 11.1 Å². The maximum Gasteiger partial charge on any atom is 0.339 e. The van der Waals surface area contributed by atoms with Crippen molar-refractivity contribution in [3.63, 3.8) is 0 Å². The minimum atomic E-state index is -0.524. The molecule has 192 valence electrons. The van der Waals surface area contributed by atoms with Crippen molar-refractivity contribution < 1.29 is 28.3 Å². The predicted octanol–water partition coefficient (Wildman–Crippen LogP) is 7.05. The molecule has 0 radical (unpaired) electrons. The number of hydrogen-bond donors (Lipinski definition) is 0. The zero-order valence-electron chi connectivity index (χ0n) is 20.3. The van der Waals surface area contributed by atoms with Crippen LogP contribution in [-0.4, -0.2) is 41.8 Å². The molecule has 1 aliphatic heterocycles. The number of fused-ring (bicyclic) bond motifs is 1. The van der Waals surface area contributed by atoms with Crippen molar-refractivity contribution in [2.45, 2.75) is 6.92 Å². The molecule has 9 heteroatoms. The first-order chi connectivity index (χ1) is 18.4. The van der Waals surface area contributed by atoms with E-state index in [4.69, 9.17) is 25.5 Å². The van der Waals surface area contributed by atoms with E-state index in [0.717, 1.165) is 27.4 Å². The van der Waals surface area contributed by atoms with Crippen LogP contribution in [0.15, 0.2) is 82.1 Å². The zero-order valence-corrected chi connectivity index (χ0v) is 21.9. The average Bonchev–Trinajstić information content (AvgIpc) is 3.49.